The fourth-order valence-electron chi connectivity index (χ4n) is 2.35. The van der Waals surface area contributed by atoms with Crippen molar-refractivity contribution in [2.75, 3.05) is 0 Å². The molecule has 2 aromatic rings. The van der Waals surface area contributed by atoms with Crippen LogP contribution in [0.5, 0.6) is 0 Å². The van der Waals surface area contributed by atoms with Crippen LogP contribution in [-0.2, 0) is 0 Å². The van der Waals surface area contributed by atoms with Crippen LogP contribution < -0.4 is 0 Å². The van der Waals surface area contributed by atoms with E-state index < -0.39 is 0 Å². The molecule has 0 aromatic heterocycles. The van der Waals surface area contributed by atoms with Crippen LogP contribution in [0.2, 0.25) is 0 Å². The second-order valence-electron chi connectivity index (χ2n) is 4.55. The molecular weight excluding hydrogens is 218 g/mol. The summed E-state index contributed by atoms with van der Waals surface area (Å²) in [5, 5.41) is 0. The normalized spacial score (nSPS) is 22.5. The van der Waals surface area contributed by atoms with Crippen LogP contribution in [0.3, 0.4) is 0 Å². The lowest BCUT2D eigenvalue weighted by Gasteiger charge is -2.01. The Morgan fingerprint density at radius 2 is 1.00 bits per heavy atom. The summed E-state index contributed by atoms with van der Waals surface area (Å²) in [6.07, 6.45) is 1.07. The summed E-state index contributed by atoms with van der Waals surface area (Å²) in [4.78, 5) is 0. The van der Waals surface area contributed by atoms with Crippen LogP contribution in [0, 0.1) is 11.6 Å². The van der Waals surface area contributed by atoms with Gasteiger partial charge in [-0.2, -0.15) is 0 Å². The molecule has 0 N–H and O–H groups in total. The van der Waals surface area contributed by atoms with Gasteiger partial charge in [-0.3, -0.25) is 0 Å². The lowest BCUT2D eigenvalue weighted by atomic mass is 10.0. The molecule has 0 aliphatic heterocycles. The van der Waals surface area contributed by atoms with Crippen molar-refractivity contribution in [2.24, 2.45) is 0 Å². The van der Waals surface area contributed by atoms with Crippen LogP contribution in [0.15, 0.2) is 48.5 Å². The number of halogens is 2. The van der Waals surface area contributed by atoms with Gasteiger partial charge in [0.2, 0.25) is 0 Å². The number of hydrogen-bond donors (Lipinski definition) is 0. The molecular formula is C15H12F2. The van der Waals surface area contributed by atoms with E-state index >= 15 is 0 Å². The number of benzene rings is 2. The molecule has 0 heterocycles. The largest absolute Gasteiger partial charge is 0.207 e. The molecule has 2 aromatic carbocycles. The average Bonchev–Trinajstić information content (AvgIpc) is 3.11. The Hall–Kier alpha value is -1.70. The van der Waals surface area contributed by atoms with E-state index in [0.29, 0.717) is 11.8 Å². The average molecular weight is 230 g/mol. The Labute approximate surface area is 98.9 Å². The first-order valence-corrected chi connectivity index (χ1v) is 5.75. The van der Waals surface area contributed by atoms with Crippen molar-refractivity contribution in [3.63, 3.8) is 0 Å². The third-order valence-electron chi connectivity index (χ3n) is 3.39. The van der Waals surface area contributed by atoms with Gasteiger partial charge in [-0.25, -0.2) is 8.78 Å². The molecule has 1 aliphatic carbocycles. The van der Waals surface area contributed by atoms with Crippen molar-refractivity contribution in [1.29, 1.82) is 0 Å². The van der Waals surface area contributed by atoms with Crippen molar-refractivity contribution >= 4 is 0 Å². The van der Waals surface area contributed by atoms with Crippen molar-refractivity contribution in [3.05, 3.63) is 71.3 Å². The van der Waals surface area contributed by atoms with Crippen LogP contribution in [0.25, 0.3) is 0 Å². The highest BCUT2D eigenvalue weighted by Crippen LogP contribution is 2.54. The molecule has 0 unspecified atom stereocenters. The van der Waals surface area contributed by atoms with E-state index in [1.807, 2.05) is 24.3 Å². The third kappa shape index (κ3) is 2.07. The van der Waals surface area contributed by atoms with Crippen LogP contribution in [0.1, 0.15) is 29.4 Å². The molecule has 3 rings (SSSR count). The molecule has 1 saturated carbocycles. The third-order valence-corrected chi connectivity index (χ3v) is 3.39. The van der Waals surface area contributed by atoms with Gasteiger partial charge in [-0.05, 0) is 53.6 Å². The quantitative estimate of drug-likeness (QED) is 0.724. The van der Waals surface area contributed by atoms with Crippen molar-refractivity contribution in [1.82, 2.24) is 0 Å². The second-order valence-corrected chi connectivity index (χ2v) is 4.55. The molecule has 0 saturated heterocycles. The van der Waals surface area contributed by atoms with E-state index in [2.05, 4.69) is 0 Å². The fraction of sp³-hybridized carbons (Fsp3) is 0.200. The minimum atomic E-state index is -0.201. The molecule has 17 heavy (non-hydrogen) atoms. The first-order valence-electron chi connectivity index (χ1n) is 5.75. The maximum absolute atomic E-state index is 12.8. The summed E-state index contributed by atoms with van der Waals surface area (Å²) in [5.41, 5.74) is 2.33. The van der Waals surface area contributed by atoms with Gasteiger partial charge in [0.25, 0.3) is 0 Å². The minimum absolute atomic E-state index is 0.201. The minimum Gasteiger partial charge on any atom is -0.207 e. The molecule has 86 valence electrons. The SMILES string of the molecule is Fc1ccc([C@@H]2C[C@H]2c2ccc(F)cc2)cc1. The zero-order chi connectivity index (χ0) is 11.8. The highest BCUT2D eigenvalue weighted by Gasteiger charge is 2.39. The topological polar surface area (TPSA) is 0 Å². The Kier molecular flexibility index (Phi) is 2.43. The summed E-state index contributed by atoms with van der Waals surface area (Å²) in [5.74, 6) is 0.516. The van der Waals surface area contributed by atoms with E-state index in [1.54, 1.807) is 0 Å². The van der Waals surface area contributed by atoms with Crippen molar-refractivity contribution in [3.8, 4) is 0 Å². The second kappa shape index (κ2) is 3.95. The van der Waals surface area contributed by atoms with Gasteiger partial charge in [0.1, 0.15) is 11.6 Å². The number of rotatable bonds is 2. The molecule has 2 heteroatoms. The van der Waals surface area contributed by atoms with E-state index in [1.165, 1.54) is 35.4 Å². The summed E-state index contributed by atoms with van der Waals surface area (Å²) in [6, 6.07) is 13.3. The van der Waals surface area contributed by atoms with Gasteiger partial charge < -0.3 is 0 Å². The first-order chi connectivity index (χ1) is 8.24. The molecule has 0 bridgehead atoms. The predicted molar refractivity (Wildman–Crippen MR) is 62.9 cm³/mol. The van der Waals surface area contributed by atoms with E-state index in [4.69, 9.17) is 0 Å². The Bertz CT molecular complexity index is 464. The Balaban J connectivity index is 1.78. The van der Waals surface area contributed by atoms with Crippen molar-refractivity contribution in [2.45, 2.75) is 18.3 Å². The van der Waals surface area contributed by atoms with Gasteiger partial charge in [-0.1, -0.05) is 24.3 Å². The van der Waals surface area contributed by atoms with Gasteiger partial charge in [0, 0.05) is 0 Å². The van der Waals surface area contributed by atoms with Crippen molar-refractivity contribution < 1.29 is 8.78 Å². The molecule has 1 fully saturated rings. The summed E-state index contributed by atoms with van der Waals surface area (Å²) in [7, 11) is 0. The van der Waals surface area contributed by atoms with Crippen LogP contribution in [-0.4, -0.2) is 0 Å². The molecule has 0 nitrogen and oxygen atoms in total. The van der Waals surface area contributed by atoms with Gasteiger partial charge >= 0.3 is 0 Å². The maximum atomic E-state index is 12.8. The van der Waals surface area contributed by atoms with Crippen LogP contribution in [0.4, 0.5) is 8.78 Å². The molecule has 0 amide bonds. The lowest BCUT2D eigenvalue weighted by Crippen LogP contribution is -1.85. The van der Waals surface area contributed by atoms with Gasteiger partial charge in [0.05, 0.1) is 0 Å². The Morgan fingerprint density at radius 3 is 1.35 bits per heavy atom. The summed E-state index contributed by atoms with van der Waals surface area (Å²) in [6.45, 7) is 0. The highest BCUT2D eigenvalue weighted by atomic mass is 19.1. The monoisotopic (exact) mass is 230 g/mol. The molecule has 0 spiro atoms. The number of hydrogen-bond acceptors (Lipinski definition) is 0. The highest BCUT2D eigenvalue weighted by molar-refractivity contribution is 5.36. The van der Waals surface area contributed by atoms with E-state index in [0.717, 1.165) is 6.42 Å². The van der Waals surface area contributed by atoms with E-state index in [-0.39, 0.29) is 11.6 Å². The first kappa shape index (κ1) is 10.5. The smallest absolute Gasteiger partial charge is 0.123 e. The molecule has 0 radical (unpaired) electrons. The molecule has 1 aliphatic rings. The molecule has 2 atom stereocenters. The maximum Gasteiger partial charge on any atom is 0.123 e. The zero-order valence-corrected chi connectivity index (χ0v) is 9.24. The standard InChI is InChI=1S/C15H12F2/c16-12-5-1-10(2-6-12)14-9-15(14)11-3-7-13(17)8-4-11/h1-8,14-15H,9H2/t14-,15-/m0/s1. The predicted octanol–water partition coefficient (Wildman–Crippen LogP) is 4.24. The van der Waals surface area contributed by atoms with Gasteiger partial charge in [0.15, 0.2) is 0 Å². The summed E-state index contributed by atoms with van der Waals surface area (Å²) < 4.78 is 25.6. The van der Waals surface area contributed by atoms with E-state index in [9.17, 15) is 8.78 Å². The fourth-order valence-corrected chi connectivity index (χ4v) is 2.35. The summed E-state index contributed by atoms with van der Waals surface area (Å²) >= 11 is 0. The lowest BCUT2D eigenvalue weighted by molar-refractivity contribution is 0.626. The van der Waals surface area contributed by atoms with Gasteiger partial charge in [-0.15, -0.1) is 0 Å². The Morgan fingerprint density at radius 1 is 0.647 bits per heavy atom. The zero-order valence-electron chi connectivity index (χ0n) is 9.24. The van der Waals surface area contributed by atoms with Crippen LogP contribution >= 0.6 is 0 Å².